The van der Waals surface area contributed by atoms with Crippen LogP contribution in [0.3, 0.4) is 0 Å². The number of amides is 1. The van der Waals surface area contributed by atoms with E-state index in [9.17, 15) is 9.18 Å². The monoisotopic (exact) mass is 409 g/mol. The predicted octanol–water partition coefficient (Wildman–Crippen LogP) is 5.62. The number of hydrogen-bond acceptors (Lipinski definition) is 3. The van der Waals surface area contributed by atoms with Crippen molar-refractivity contribution in [3.8, 4) is 5.75 Å². The summed E-state index contributed by atoms with van der Waals surface area (Å²) in [6.07, 6.45) is 2.90. The average molecular weight is 410 g/mol. The number of carbonyl (C=O) groups is 1. The Morgan fingerprint density at radius 1 is 1.03 bits per heavy atom. The van der Waals surface area contributed by atoms with Crippen molar-refractivity contribution >= 4 is 17.2 Å². The Morgan fingerprint density at radius 2 is 1.72 bits per heavy atom. The number of ether oxygens (including phenoxy) is 1. The molecular formula is C24H24FNO2S. The molecule has 0 radical (unpaired) electrons. The van der Waals surface area contributed by atoms with Gasteiger partial charge >= 0.3 is 0 Å². The molecule has 0 N–H and O–H groups in total. The number of rotatable bonds is 8. The van der Waals surface area contributed by atoms with Crippen LogP contribution in [0.1, 0.15) is 38.5 Å². The highest BCUT2D eigenvalue weighted by atomic mass is 32.1. The second-order valence-corrected chi connectivity index (χ2v) is 8.73. The fourth-order valence-corrected chi connectivity index (χ4v) is 4.09. The molecule has 0 saturated heterocycles. The Labute approximate surface area is 174 Å². The highest BCUT2D eigenvalue weighted by molar-refractivity contribution is 7.13. The van der Waals surface area contributed by atoms with Gasteiger partial charge in [-0.2, -0.15) is 0 Å². The van der Waals surface area contributed by atoms with Crippen LogP contribution in [-0.2, 0) is 13.0 Å². The van der Waals surface area contributed by atoms with E-state index in [-0.39, 0.29) is 11.7 Å². The van der Waals surface area contributed by atoms with Crippen LogP contribution in [0.2, 0.25) is 0 Å². The van der Waals surface area contributed by atoms with Gasteiger partial charge in [0, 0.05) is 23.9 Å². The summed E-state index contributed by atoms with van der Waals surface area (Å²) in [5, 5.41) is 0. The first-order valence-corrected chi connectivity index (χ1v) is 10.7. The van der Waals surface area contributed by atoms with E-state index in [4.69, 9.17) is 4.74 Å². The lowest BCUT2D eigenvalue weighted by molar-refractivity contribution is 0.0735. The van der Waals surface area contributed by atoms with E-state index < -0.39 is 0 Å². The molecular weight excluding hydrogens is 385 g/mol. The van der Waals surface area contributed by atoms with Crippen LogP contribution in [0.4, 0.5) is 4.39 Å². The molecule has 2 aromatic carbocycles. The van der Waals surface area contributed by atoms with Crippen molar-refractivity contribution in [1.29, 1.82) is 0 Å². The SMILES string of the molecule is Cc1ccc(C(=O)N(Cc2ccc(OCCc3ccc(F)cc3)cc2)C2CC2)s1. The number of hydrogen-bond donors (Lipinski definition) is 0. The van der Waals surface area contributed by atoms with E-state index in [0.29, 0.717) is 19.2 Å². The van der Waals surface area contributed by atoms with Crippen LogP contribution >= 0.6 is 11.3 Å². The summed E-state index contributed by atoms with van der Waals surface area (Å²) in [4.78, 5) is 16.9. The van der Waals surface area contributed by atoms with Gasteiger partial charge in [-0.3, -0.25) is 4.79 Å². The van der Waals surface area contributed by atoms with Gasteiger partial charge in [-0.05, 0) is 67.3 Å². The lowest BCUT2D eigenvalue weighted by atomic mass is 10.1. The van der Waals surface area contributed by atoms with E-state index in [1.54, 1.807) is 23.5 Å². The van der Waals surface area contributed by atoms with Gasteiger partial charge < -0.3 is 9.64 Å². The smallest absolute Gasteiger partial charge is 0.264 e. The molecule has 0 aliphatic heterocycles. The van der Waals surface area contributed by atoms with Gasteiger partial charge in [0.05, 0.1) is 11.5 Å². The molecule has 0 bridgehead atoms. The minimum atomic E-state index is -0.224. The van der Waals surface area contributed by atoms with Gasteiger partial charge in [0.1, 0.15) is 11.6 Å². The maximum absolute atomic E-state index is 12.9. The van der Waals surface area contributed by atoms with Crippen LogP contribution in [-0.4, -0.2) is 23.5 Å². The zero-order chi connectivity index (χ0) is 20.2. The van der Waals surface area contributed by atoms with Crippen LogP contribution in [0, 0.1) is 12.7 Å². The molecule has 150 valence electrons. The van der Waals surface area contributed by atoms with Crippen molar-refractivity contribution in [1.82, 2.24) is 4.90 Å². The molecule has 1 aliphatic carbocycles. The van der Waals surface area contributed by atoms with Crippen molar-refractivity contribution in [3.05, 3.63) is 87.4 Å². The van der Waals surface area contributed by atoms with Gasteiger partial charge in [0.25, 0.3) is 5.91 Å². The molecule has 3 aromatic rings. The number of carbonyl (C=O) groups excluding carboxylic acids is 1. The topological polar surface area (TPSA) is 29.5 Å². The highest BCUT2D eigenvalue weighted by Gasteiger charge is 2.33. The maximum atomic E-state index is 12.9. The molecule has 5 heteroatoms. The summed E-state index contributed by atoms with van der Waals surface area (Å²) >= 11 is 1.56. The van der Waals surface area contributed by atoms with Crippen LogP contribution < -0.4 is 4.74 Å². The van der Waals surface area contributed by atoms with Crippen molar-refractivity contribution < 1.29 is 13.9 Å². The van der Waals surface area contributed by atoms with Crippen molar-refractivity contribution in [3.63, 3.8) is 0 Å². The summed E-state index contributed by atoms with van der Waals surface area (Å²) in [7, 11) is 0. The molecule has 0 unspecified atom stereocenters. The molecule has 1 fully saturated rings. The maximum Gasteiger partial charge on any atom is 0.264 e. The highest BCUT2D eigenvalue weighted by Crippen LogP contribution is 2.31. The Kier molecular flexibility index (Phi) is 5.95. The van der Waals surface area contributed by atoms with Crippen LogP contribution in [0.5, 0.6) is 5.75 Å². The predicted molar refractivity (Wildman–Crippen MR) is 114 cm³/mol. The van der Waals surface area contributed by atoms with Crippen LogP contribution in [0.15, 0.2) is 60.7 Å². The lowest BCUT2D eigenvalue weighted by Crippen LogP contribution is -2.32. The van der Waals surface area contributed by atoms with Crippen molar-refractivity contribution in [2.75, 3.05) is 6.61 Å². The third kappa shape index (κ3) is 5.24. The van der Waals surface area contributed by atoms with E-state index in [0.717, 1.165) is 45.9 Å². The number of halogens is 1. The minimum absolute atomic E-state index is 0.130. The third-order valence-corrected chi connectivity index (χ3v) is 6.04. The Hall–Kier alpha value is -2.66. The lowest BCUT2D eigenvalue weighted by Gasteiger charge is -2.22. The molecule has 1 amide bonds. The quantitative estimate of drug-likeness (QED) is 0.483. The van der Waals surface area contributed by atoms with E-state index in [1.807, 2.05) is 48.2 Å². The summed E-state index contributed by atoms with van der Waals surface area (Å²) in [5.74, 6) is 0.706. The molecule has 29 heavy (non-hydrogen) atoms. The fourth-order valence-electron chi connectivity index (χ4n) is 3.27. The molecule has 0 atom stereocenters. The first-order valence-electron chi connectivity index (χ1n) is 9.92. The number of nitrogens with zero attached hydrogens (tertiary/aromatic N) is 1. The average Bonchev–Trinajstić information content (AvgIpc) is 3.48. The first kappa shape index (κ1) is 19.6. The number of thiophene rings is 1. The van der Waals surface area contributed by atoms with E-state index in [1.165, 1.54) is 12.1 Å². The van der Waals surface area contributed by atoms with E-state index in [2.05, 4.69) is 0 Å². The van der Waals surface area contributed by atoms with Gasteiger partial charge in [0.15, 0.2) is 0 Å². The first-order chi connectivity index (χ1) is 14.1. The molecule has 1 heterocycles. The summed E-state index contributed by atoms with van der Waals surface area (Å²) < 4.78 is 18.8. The van der Waals surface area contributed by atoms with Crippen molar-refractivity contribution in [2.24, 2.45) is 0 Å². The number of aryl methyl sites for hydroxylation is 1. The standard InChI is InChI=1S/C24H24FNO2S/c1-17-2-13-23(29-17)24(27)26(21-9-10-21)16-19-5-11-22(12-6-19)28-15-14-18-3-7-20(25)8-4-18/h2-8,11-13,21H,9-10,14-16H2,1H3. The fraction of sp³-hybridized carbons (Fsp3) is 0.292. The minimum Gasteiger partial charge on any atom is -0.493 e. The summed E-state index contributed by atoms with van der Waals surface area (Å²) in [6.45, 7) is 3.18. The molecule has 0 spiro atoms. The zero-order valence-corrected chi connectivity index (χ0v) is 17.3. The van der Waals surface area contributed by atoms with Gasteiger partial charge in [-0.25, -0.2) is 4.39 Å². The molecule has 4 rings (SSSR count). The van der Waals surface area contributed by atoms with Gasteiger partial charge in [-0.15, -0.1) is 11.3 Å². The second kappa shape index (κ2) is 8.78. The molecule has 1 aliphatic rings. The summed E-state index contributed by atoms with van der Waals surface area (Å²) in [5.41, 5.74) is 2.15. The molecule has 1 saturated carbocycles. The zero-order valence-electron chi connectivity index (χ0n) is 16.4. The number of benzene rings is 2. The Bertz CT molecular complexity index is 961. The normalized spacial score (nSPS) is 13.3. The largest absolute Gasteiger partial charge is 0.493 e. The molecule has 3 nitrogen and oxygen atoms in total. The van der Waals surface area contributed by atoms with E-state index >= 15 is 0 Å². The summed E-state index contributed by atoms with van der Waals surface area (Å²) in [6, 6.07) is 18.7. The van der Waals surface area contributed by atoms with Crippen LogP contribution in [0.25, 0.3) is 0 Å². The van der Waals surface area contributed by atoms with Gasteiger partial charge in [0.2, 0.25) is 0 Å². The Morgan fingerprint density at radius 3 is 2.34 bits per heavy atom. The third-order valence-electron chi connectivity index (χ3n) is 5.05. The molecule has 1 aromatic heterocycles. The Balaban J connectivity index is 1.33. The van der Waals surface area contributed by atoms with Crippen molar-refractivity contribution in [2.45, 2.75) is 38.8 Å². The van der Waals surface area contributed by atoms with Gasteiger partial charge in [-0.1, -0.05) is 24.3 Å². The second-order valence-electron chi connectivity index (χ2n) is 7.44.